The molecule has 1 aliphatic rings. The predicted octanol–water partition coefficient (Wildman–Crippen LogP) is 3.33. The summed E-state index contributed by atoms with van der Waals surface area (Å²) < 4.78 is 6.67. The summed E-state index contributed by atoms with van der Waals surface area (Å²) in [5.41, 5.74) is 2.49. The summed E-state index contributed by atoms with van der Waals surface area (Å²) in [7, 11) is 0. The highest BCUT2D eigenvalue weighted by Crippen LogP contribution is 2.31. The topological polar surface area (TPSA) is 80.3 Å². The molecule has 2 heterocycles. The van der Waals surface area contributed by atoms with Crippen LogP contribution in [0.4, 0.5) is 10.8 Å². The van der Waals surface area contributed by atoms with E-state index < -0.39 is 6.10 Å². The molecule has 1 atom stereocenters. The first-order chi connectivity index (χ1) is 12.1. The third-order valence-electron chi connectivity index (χ3n) is 3.87. The van der Waals surface area contributed by atoms with E-state index in [1.54, 1.807) is 6.07 Å². The van der Waals surface area contributed by atoms with Crippen LogP contribution in [-0.4, -0.2) is 22.9 Å². The van der Waals surface area contributed by atoms with Gasteiger partial charge in [0.05, 0.1) is 22.3 Å². The van der Waals surface area contributed by atoms with Gasteiger partial charge in [0.15, 0.2) is 11.2 Å². The van der Waals surface area contributed by atoms with Gasteiger partial charge in [-0.2, -0.15) is 0 Å². The molecule has 3 aromatic rings. The Morgan fingerprint density at radius 1 is 1.32 bits per heavy atom. The zero-order valence-corrected chi connectivity index (χ0v) is 14.2. The number of aromatic nitrogens is 1. The number of anilines is 2. The lowest BCUT2D eigenvalue weighted by Gasteiger charge is -2.25. The van der Waals surface area contributed by atoms with Crippen LogP contribution in [0.15, 0.2) is 42.5 Å². The molecule has 0 bridgehead atoms. The average molecular weight is 353 g/mol. The van der Waals surface area contributed by atoms with Crippen molar-refractivity contribution in [3.05, 3.63) is 48.0 Å². The summed E-state index contributed by atoms with van der Waals surface area (Å²) >= 11 is 1.39. The first kappa shape index (κ1) is 15.6. The lowest BCUT2D eigenvalue weighted by Crippen LogP contribution is -2.39. The largest absolute Gasteiger partial charge is 0.478 e. The van der Waals surface area contributed by atoms with Crippen LogP contribution in [0.5, 0.6) is 5.75 Å². The Kier molecular flexibility index (Phi) is 3.85. The predicted molar refractivity (Wildman–Crippen MR) is 97.1 cm³/mol. The third kappa shape index (κ3) is 3.18. The van der Waals surface area contributed by atoms with Crippen LogP contribution < -0.4 is 15.4 Å². The van der Waals surface area contributed by atoms with Crippen LogP contribution in [-0.2, 0) is 9.59 Å². The average Bonchev–Trinajstić information content (AvgIpc) is 2.97. The van der Waals surface area contributed by atoms with Crippen molar-refractivity contribution in [3.8, 4) is 5.75 Å². The van der Waals surface area contributed by atoms with Crippen molar-refractivity contribution in [2.24, 2.45) is 0 Å². The van der Waals surface area contributed by atoms with E-state index in [0.717, 1.165) is 15.8 Å². The molecule has 2 N–H and O–H groups in total. The number of carbonyl (C=O) groups is 2. The quantitative estimate of drug-likeness (QED) is 0.757. The number of hydrogen-bond acceptors (Lipinski definition) is 5. The van der Waals surface area contributed by atoms with Gasteiger partial charge >= 0.3 is 0 Å². The molecule has 126 valence electrons. The first-order valence-electron chi connectivity index (χ1n) is 7.82. The van der Waals surface area contributed by atoms with Crippen LogP contribution in [0.2, 0.25) is 0 Å². The normalized spacial score (nSPS) is 16.0. The van der Waals surface area contributed by atoms with Crippen molar-refractivity contribution in [2.45, 2.75) is 19.4 Å². The number of benzene rings is 2. The van der Waals surface area contributed by atoms with Crippen LogP contribution in [0.3, 0.4) is 0 Å². The lowest BCUT2D eigenvalue weighted by atomic mass is 10.1. The minimum Gasteiger partial charge on any atom is -0.478 e. The number of aryl methyl sites for hydroxylation is 1. The zero-order chi connectivity index (χ0) is 17.4. The van der Waals surface area contributed by atoms with E-state index in [4.69, 9.17) is 4.74 Å². The summed E-state index contributed by atoms with van der Waals surface area (Å²) in [5, 5.41) is 6.04. The highest BCUT2D eigenvalue weighted by molar-refractivity contribution is 7.22. The van der Waals surface area contributed by atoms with E-state index in [-0.39, 0.29) is 18.2 Å². The van der Waals surface area contributed by atoms with Crippen molar-refractivity contribution in [1.29, 1.82) is 0 Å². The molecule has 2 amide bonds. The van der Waals surface area contributed by atoms with Gasteiger partial charge in [0.1, 0.15) is 5.75 Å². The number of nitrogens with one attached hydrogen (secondary N) is 2. The number of nitrogens with zero attached hydrogens (tertiary/aromatic N) is 1. The lowest BCUT2D eigenvalue weighted by molar-refractivity contribution is -0.128. The Morgan fingerprint density at radius 3 is 3.00 bits per heavy atom. The van der Waals surface area contributed by atoms with E-state index in [1.165, 1.54) is 11.3 Å². The van der Waals surface area contributed by atoms with Crippen molar-refractivity contribution >= 4 is 44.2 Å². The molecule has 0 aliphatic carbocycles. The molecular formula is C18H15N3O3S. The molecule has 1 unspecified atom stereocenters. The van der Waals surface area contributed by atoms with Gasteiger partial charge < -0.3 is 15.4 Å². The summed E-state index contributed by atoms with van der Waals surface area (Å²) in [6.45, 7) is 1.93. The van der Waals surface area contributed by atoms with E-state index in [0.29, 0.717) is 16.6 Å². The van der Waals surface area contributed by atoms with Gasteiger partial charge in [-0.05, 0) is 36.8 Å². The molecule has 7 heteroatoms. The molecule has 0 fully saturated rings. The fourth-order valence-electron chi connectivity index (χ4n) is 2.66. The fraction of sp³-hybridized carbons (Fsp3) is 0.167. The van der Waals surface area contributed by atoms with Gasteiger partial charge in [-0.25, -0.2) is 4.98 Å². The van der Waals surface area contributed by atoms with Crippen molar-refractivity contribution in [2.75, 3.05) is 10.6 Å². The standard InChI is InChI=1S/C18H15N3O3S/c1-10-6-7-13-12(8-10)19-17(23)14(24-13)9-16(22)21-18-20-11-4-2-3-5-15(11)25-18/h2-8,14H,9H2,1H3,(H,19,23)(H,20,21,22). The van der Waals surface area contributed by atoms with Crippen LogP contribution in [0.1, 0.15) is 12.0 Å². The van der Waals surface area contributed by atoms with Crippen LogP contribution in [0, 0.1) is 6.92 Å². The van der Waals surface area contributed by atoms with Crippen molar-refractivity contribution in [3.63, 3.8) is 0 Å². The van der Waals surface area contributed by atoms with Crippen LogP contribution >= 0.6 is 11.3 Å². The molecule has 25 heavy (non-hydrogen) atoms. The van der Waals surface area contributed by atoms with Crippen LogP contribution in [0.25, 0.3) is 10.2 Å². The molecule has 0 radical (unpaired) electrons. The second kappa shape index (κ2) is 6.18. The summed E-state index contributed by atoms with van der Waals surface area (Å²) in [5.74, 6) is -0.0599. The molecule has 2 aromatic carbocycles. The number of fused-ring (bicyclic) bond motifs is 2. The van der Waals surface area contributed by atoms with E-state index >= 15 is 0 Å². The van der Waals surface area contributed by atoms with Gasteiger partial charge in [0, 0.05) is 0 Å². The first-order valence-corrected chi connectivity index (χ1v) is 8.64. The number of thiazole rings is 1. The molecule has 1 aliphatic heterocycles. The summed E-state index contributed by atoms with van der Waals surface area (Å²) in [6.07, 6.45) is -0.931. The van der Waals surface area contributed by atoms with E-state index in [2.05, 4.69) is 15.6 Å². The smallest absolute Gasteiger partial charge is 0.266 e. The van der Waals surface area contributed by atoms with E-state index in [9.17, 15) is 9.59 Å². The van der Waals surface area contributed by atoms with Gasteiger partial charge in [-0.1, -0.05) is 29.5 Å². The van der Waals surface area contributed by atoms with Crippen molar-refractivity contribution in [1.82, 2.24) is 4.98 Å². The maximum Gasteiger partial charge on any atom is 0.266 e. The summed E-state index contributed by atoms with van der Waals surface area (Å²) in [6, 6.07) is 13.2. The minimum absolute atomic E-state index is 0.0743. The summed E-state index contributed by atoms with van der Waals surface area (Å²) in [4.78, 5) is 28.8. The number of amides is 2. The minimum atomic E-state index is -0.857. The fourth-order valence-corrected chi connectivity index (χ4v) is 3.55. The molecule has 1 aromatic heterocycles. The Morgan fingerprint density at radius 2 is 2.16 bits per heavy atom. The SMILES string of the molecule is Cc1ccc2c(c1)NC(=O)C(CC(=O)Nc1nc3ccccc3s1)O2. The number of carbonyl (C=O) groups excluding carboxylic acids is 2. The second-order valence-corrected chi connectivity index (χ2v) is 6.87. The molecule has 0 saturated heterocycles. The molecule has 0 saturated carbocycles. The van der Waals surface area contributed by atoms with Gasteiger partial charge in [-0.3, -0.25) is 9.59 Å². The maximum absolute atomic E-state index is 12.3. The number of hydrogen-bond donors (Lipinski definition) is 2. The van der Waals surface area contributed by atoms with E-state index in [1.807, 2.05) is 43.3 Å². The monoisotopic (exact) mass is 353 g/mol. The molecule has 6 nitrogen and oxygen atoms in total. The molecule has 4 rings (SSSR count). The second-order valence-electron chi connectivity index (χ2n) is 5.83. The van der Waals surface area contributed by atoms with Gasteiger partial charge in [-0.15, -0.1) is 0 Å². The highest BCUT2D eigenvalue weighted by atomic mass is 32.1. The Balaban J connectivity index is 1.45. The maximum atomic E-state index is 12.3. The van der Waals surface area contributed by atoms with Crippen molar-refractivity contribution < 1.29 is 14.3 Å². The number of para-hydroxylation sites is 1. The Bertz CT molecular complexity index is 950. The number of rotatable bonds is 3. The third-order valence-corrected chi connectivity index (χ3v) is 4.82. The molecular weight excluding hydrogens is 338 g/mol. The zero-order valence-electron chi connectivity index (χ0n) is 13.4. The molecule has 0 spiro atoms. The Labute approximate surface area is 147 Å². The Hall–Kier alpha value is -2.93. The van der Waals surface area contributed by atoms with Gasteiger partial charge in [0.25, 0.3) is 5.91 Å². The van der Waals surface area contributed by atoms with Gasteiger partial charge in [0.2, 0.25) is 5.91 Å². The number of ether oxygens (including phenoxy) is 1. The highest BCUT2D eigenvalue weighted by Gasteiger charge is 2.30.